The van der Waals surface area contributed by atoms with Crippen LogP contribution in [0.5, 0.6) is 0 Å². The summed E-state index contributed by atoms with van der Waals surface area (Å²) in [6.07, 6.45) is 6.82. The van der Waals surface area contributed by atoms with Gasteiger partial charge in [0.2, 0.25) is 5.91 Å². The normalized spacial score (nSPS) is 13.8. The zero-order valence-corrected chi connectivity index (χ0v) is 10.6. The standard InChI is InChI=1S/C15H15N3O/c1-11(9-18-7-6-16-10-18)12-2-4-14-13(8-12)3-5-15(19)17-14/h2,4,6-8,10H,1,3,5,9H2,(H,17,19). The number of aryl methyl sites for hydroxylation is 1. The number of nitrogens with one attached hydrogen (secondary N) is 1. The van der Waals surface area contributed by atoms with Gasteiger partial charge < -0.3 is 9.88 Å². The fraction of sp³-hybridized carbons (Fsp3) is 0.200. The van der Waals surface area contributed by atoms with Crippen molar-refractivity contribution in [2.45, 2.75) is 19.4 Å². The number of fused-ring (bicyclic) bond motifs is 1. The first-order valence-electron chi connectivity index (χ1n) is 6.29. The number of anilines is 1. The van der Waals surface area contributed by atoms with Gasteiger partial charge in [-0.3, -0.25) is 4.79 Å². The van der Waals surface area contributed by atoms with Crippen molar-refractivity contribution in [3.8, 4) is 0 Å². The van der Waals surface area contributed by atoms with Crippen LogP contribution in [0.4, 0.5) is 5.69 Å². The Morgan fingerprint density at radius 2 is 2.32 bits per heavy atom. The fourth-order valence-corrected chi connectivity index (χ4v) is 2.30. The van der Waals surface area contributed by atoms with Crippen molar-refractivity contribution in [1.82, 2.24) is 9.55 Å². The van der Waals surface area contributed by atoms with E-state index in [0.29, 0.717) is 6.42 Å². The second-order valence-electron chi connectivity index (χ2n) is 4.76. The number of amides is 1. The van der Waals surface area contributed by atoms with Gasteiger partial charge in [-0.15, -0.1) is 0 Å². The number of rotatable bonds is 3. The van der Waals surface area contributed by atoms with Gasteiger partial charge in [0, 0.05) is 31.0 Å². The molecule has 0 bridgehead atoms. The summed E-state index contributed by atoms with van der Waals surface area (Å²) in [6.45, 7) is 4.86. The summed E-state index contributed by atoms with van der Waals surface area (Å²) in [4.78, 5) is 15.3. The van der Waals surface area contributed by atoms with E-state index in [9.17, 15) is 4.79 Å². The van der Waals surface area contributed by atoms with Gasteiger partial charge in [-0.25, -0.2) is 4.98 Å². The Labute approximate surface area is 111 Å². The minimum atomic E-state index is 0.0949. The summed E-state index contributed by atoms with van der Waals surface area (Å²) in [5, 5.41) is 2.89. The molecule has 0 aliphatic carbocycles. The molecule has 0 saturated carbocycles. The number of benzene rings is 1. The number of carbonyl (C=O) groups excluding carboxylic acids is 1. The SMILES string of the molecule is C=C(Cn1ccnc1)c1ccc2c(c1)CCC(=O)N2. The van der Waals surface area contributed by atoms with Gasteiger partial charge in [-0.05, 0) is 35.3 Å². The third-order valence-electron chi connectivity index (χ3n) is 3.34. The van der Waals surface area contributed by atoms with Gasteiger partial charge in [-0.2, -0.15) is 0 Å². The van der Waals surface area contributed by atoms with Gasteiger partial charge in [0.1, 0.15) is 0 Å². The molecule has 0 unspecified atom stereocenters. The van der Waals surface area contributed by atoms with Crippen LogP contribution in [-0.2, 0) is 17.8 Å². The third kappa shape index (κ3) is 2.42. The molecule has 96 valence electrons. The first kappa shape index (κ1) is 11.7. The Balaban J connectivity index is 1.82. The Morgan fingerprint density at radius 1 is 1.42 bits per heavy atom. The van der Waals surface area contributed by atoms with Crippen LogP contribution < -0.4 is 5.32 Å². The smallest absolute Gasteiger partial charge is 0.224 e. The predicted molar refractivity (Wildman–Crippen MR) is 74.7 cm³/mol. The first-order valence-corrected chi connectivity index (χ1v) is 6.29. The zero-order chi connectivity index (χ0) is 13.2. The van der Waals surface area contributed by atoms with E-state index in [-0.39, 0.29) is 5.91 Å². The molecule has 2 heterocycles. The highest BCUT2D eigenvalue weighted by Gasteiger charge is 2.15. The summed E-state index contributed by atoms with van der Waals surface area (Å²) in [5.74, 6) is 0.0949. The summed E-state index contributed by atoms with van der Waals surface area (Å²) in [5.41, 5.74) is 4.26. The van der Waals surface area contributed by atoms with E-state index in [1.807, 2.05) is 22.9 Å². The fourth-order valence-electron chi connectivity index (χ4n) is 2.30. The van der Waals surface area contributed by atoms with Crippen LogP contribution in [0.2, 0.25) is 0 Å². The van der Waals surface area contributed by atoms with E-state index in [1.165, 1.54) is 5.56 Å². The highest BCUT2D eigenvalue weighted by molar-refractivity contribution is 5.94. The molecule has 4 heteroatoms. The van der Waals surface area contributed by atoms with Crippen molar-refractivity contribution >= 4 is 17.2 Å². The highest BCUT2D eigenvalue weighted by atomic mass is 16.1. The Bertz CT molecular complexity index is 629. The zero-order valence-electron chi connectivity index (χ0n) is 10.6. The van der Waals surface area contributed by atoms with Crippen LogP contribution in [0, 0.1) is 0 Å². The number of nitrogens with zero attached hydrogens (tertiary/aromatic N) is 2. The Kier molecular flexibility index (Phi) is 2.91. The van der Waals surface area contributed by atoms with Crippen molar-refractivity contribution in [1.29, 1.82) is 0 Å². The van der Waals surface area contributed by atoms with Gasteiger partial charge in [0.15, 0.2) is 0 Å². The lowest BCUT2D eigenvalue weighted by Crippen LogP contribution is -2.18. The minimum absolute atomic E-state index is 0.0949. The van der Waals surface area contributed by atoms with E-state index >= 15 is 0 Å². The molecule has 1 aromatic heterocycles. The van der Waals surface area contributed by atoms with Crippen LogP contribution in [0.1, 0.15) is 17.5 Å². The number of hydrogen-bond acceptors (Lipinski definition) is 2. The summed E-state index contributed by atoms with van der Waals surface area (Å²) in [6, 6.07) is 6.08. The molecule has 0 saturated heterocycles. The van der Waals surface area contributed by atoms with Crippen molar-refractivity contribution < 1.29 is 4.79 Å². The van der Waals surface area contributed by atoms with Gasteiger partial charge in [0.05, 0.1) is 6.33 Å². The molecular formula is C15H15N3O. The van der Waals surface area contributed by atoms with E-state index in [1.54, 1.807) is 12.5 Å². The topological polar surface area (TPSA) is 46.9 Å². The molecule has 1 amide bonds. The third-order valence-corrected chi connectivity index (χ3v) is 3.34. The molecule has 2 aromatic rings. The van der Waals surface area contributed by atoms with E-state index in [4.69, 9.17) is 0 Å². The lowest BCUT2D eigenvalue weighted by atomic mass is 9.97. The second-order valence-corrected chi connectivity index (χ2v) is 4.76. The van der Waals surface area contributed by atoms with Gasteiger partial charge in [0.25, 0.3) is 0 Å². The molecule has 0 atom stereocenters. The quantitative estimate of drug-likeness (QED) is 0.913. The number of allylic oxidation sites excluding steroid dienone is 1. The predicted octanol–water partition coefficient (Wildman–Crippen LogP) is 2.48. The minimum Gasteiger partial charge on any atom is -0.333 e. The summed E-state index contributed by atoms with van der Waals surface area (Å²) < 4.78 is 1.99. The number of carbonyl (C=O) groups is 1. The molecular weight excluding hydrogens is 238 g/mol. The number of hydrogen-bond donors (Lipinski definition) is 1. The largest absolute Gasteiger partial charge is 0.333 e. The second kappa shape index (κ2) is 4.72. The average molecular weight is 253 g/mol. The first-order chi connectivity index (χ1) is 9.22. The highest BCUT2D eigenvalue weighted by Crippen LogP contribution is 2.26. The summed E-state index contributed by atoms with van der Waals surface area (Å²) >= 11 is 0. The number of aromatic nitrogens is 2. The van der Waals surface area contributed by atoms with Crippen LogP contribution in [0.15, 0.2) is 43.5 Å². The van der Waals surface area contributed by atoms with Crippen LogP contribution in [-0.4, -0.2) is 15.5 Å². The lowest BCUT2D eigenvalue weighted by Gasteiger charge is -2.18. The van der Waals surface area contributed by atoms with Crippen LogP contribution >= 0.6 is 0 Å². The molecule has 0 spiro atoms. The van der Waals surface area contributed by atoms with E-state index < -0.39 is 0 Å². The Morgan fingerprint density at radius 3 is 3.11 bits per heavy atom. The van der Waals surface area contributed by atoms with Crippen molar-refractivity contribution in [2.75, 3.05) is 5.32 Å². The number of imidazole rings is 1. The molecule has 4 nitrogen and oxygen atoms in total. The molecule has 1 N–H and O–H groups in total. The van der Waals surface area contributed by atoms with Crippen molar-refractivity contribution in [3.63, 3.8) is 0 Å². The van der Waals surface area contributed by atoms with E-state index in [2.05, 4.69) is 22.9 Å². The van der Waals surface area contributed by atoms with Gasteiger partial charge in [-0.1, -0.05) is 12.6 Å². The Hall–Kier alpha value is -2.36. The molecule has 19 heavy (non-hydrogen) atoms. The maximum Gasteiger partial charge on any atom is 0.224 e. The maximum absolute atomic E-state index is 11.3. The van der Waals surface area contributed by atoms with Crippen molar-refractivity contribution in [3.05, 3.63) is 54.6 Å². The molecule has 1 aliphatic heterocycles. The van der Waals surface area contributed by atoms with Gasteiger partial charge >= 0.3 is 0 Å². The molecule has 0 fully saturated rings. The molecule has 1 aromatic carbocycles. The molecule has 0 radical (unpaired) electrons. The van der Waals surface area contributed by atoms with Crippen LogP contribution in [0.3, 0.4) is 0 Å². The monoisotopic (exact) mass is 253 g/mol. The molecule has 1 aliphatic rings. The van der Waals surface area contributed by atoms with Crippen molar-refractivity contribution in [2.24, 2.45) is 0 Å². The lowest BCUT2D eigenvalue weighted by molar-refractivity contribution is -0.116. The average Bonchev–Trinajstić information content (AvgIpc) is 2.91. The van der Waals surface area contributed by atoms with Crippen LogP contribution in [0.25, 0.3) is 5.57 Å². The molecule has 3 rings (SSSR count). The van der Waals surface area contributed by atoms with E-state index in [0.717, 1.165) is 29.8 Å². The summed E-state index contributed by atoms with van der Waals surface area (Å²) in [7, 11) is 0. The maximum atomic E-state index is 11.3.